The molecule has 0 aliphatic carbocycles. The Bertz CT molecular complexity index is 304. The van der Waals surface area contributed by atoms with E-state index in [0.717, 1.165) is 25.9 Å². The highest BCUT2D eigenvalue weighted by atomic mass is 32.2. The molecule has 0 atom stereocenters. The zero-order chi connectivity index (χ0) is 10.7. The number of nitrogens with zero attached hydrogens (tertiary/aromatic N) is 1. The molecule has 2 nitrogen and oxygen atoms in total. The fourth-order valence-electron chi connectivity index (χ4n) is 1.92. The SMILES string of the molecule is CSc1ccc(N2CCC(O)CC2)cc1. The largest absolute Gasteiger partial charge is 0.393 e. The molecule has 82 valence electrons. The van der Waals surface area contributed by atoms with Crippen molar-refractivity contribution in [2.45, 2.75) is 23.8 Å². The minimum absolute atomic E-state index is 0.0910. The fourth-order valence-corrected chi connectivity index (χ4v) is 2.33. The van der Waals surface area contributed by atoms with Crippen LogP contribution < -0.4 is 4.90 Å². The van der Waals surface area contributed by atoms with Gasteiger partial charge < -0.3 is 10.0 Å². The van der Waals surface area contributed by atoms with Crippen LogP contribution in [0.5, 0.6) is 0 Å². The van der Waals surface area contributed by atoms with Crippen LogP contribution in [0, 0.1) is 0 Å². The molecule has 0 aromatic heterocycles. The average Bonchev–Trinajstić information content (AvgIpc) is 2.30. The molecule has 1 heterocycles. The first-order valence-electron chi connectivity index (χ1n) is 5.36. The van der Waals surface area contributed by atoms with Crippen molar-refractivity contribution >= 4 is 17.4 Å². The summed E-state index contributed by atoms with van der Waals surface area (Å²) in [4.78, 5) is 3.65. The van der Waals surface area contributed by atoms with E-state index in [1.54, 1.807) is 11.8 Å². The number of hydrogen-bond donors (Lipinski definition) is 1. The maximum Gasteiger partial charge on any atom is 0.0574 e. The van der Waals surface area contributed by atoms with E-state index in [4.69, 9.17) is 0 Å². The first-order valence-corrected chi connectivity index (χ1v) is 6.59. The summed E-state index contributed by atoms with van der Waals surface area (Å²) >= 11 is 1.77. The zero-order valence-corrected chi connectivity index (χ0v) is 9.83. The monoisotopic (exact) mass is 223 g/mol. The summed E-state index contributed by atoms with van der Waals surface area (Å²) in [5, 5.41) is 9.43. The minimum atomic E-state index is -0.0910. The predicted molar refractivity (Wildman–Crippen MR) is 65.7 cm³/mol. The first kappa shape index (κ1) is 10.8. The van der Waals surface area contributed by atoms with Gasteiger partial charge in [-0.2, -0.15) is 0 Å². The molecule has 0 bridgehead atoms. The standard InChI is InChI=1S/C12H17NOS/c1-15-12-4-2-10(3-5-12)13-8-6-11(14)7-9-13/h2-5,11,14H,6-9H2,1H3. The maximum atomic E-state index is 9.43. The van der Waals surface area contributed by atoms with Crippen LogP contribution in [0.3, 0.4) is 0 Å². The molecule has 1 fully saturated rings. The van der Waals surface area contributed by atoms with E-state index in [9.17, 15) is 5.11 Å². The summed E-state index contributed by atoms with van der Waals surface area (Å²) in [5.74, 6) is 0. The van der Waals surface area contributed by atoms with Gasteiger partial charge in [0.2, 0.25) is 0 Å². The van der Waals surface area contributed by atoms with Gasteiger partial charge in [0.1, 0.15) is 0 Å². The summed E-state index contributed by atoms with van der Waals surface area (Å²) in [6.07, 6.45) is 3.78. The molecule has 1 aromatic rings. The molecular formula is C12H17NOS. The Hall–Kier alpha value is -0.670. The highest BCUT2D eigenvalue weighted by Gasteiger charge is 2.16. The second-order valence-electron chi connectivity index (χ2n) is 3.92. The number of aliphatic hydroxyl groups is 1. The summed E-state index contributed by atoms with van der Waals surface area (Å²) in [7, 11) is 0. The molecule has 2 rings (SSSR count). The van der Waals surface area contributed by atoms with Gasteiger partial charge in [0.05, 0.1) is 6.10 Å². The number of rotatable bonds is 2. The van der Waals surface area contributed by atoms with E-state index >= 15 is 0 Å². The van der Waals surface area contributed by atoms with E-state index in [-0.39, 0.29) is 6.10 Å². The van der Waals surface area contributed by atoms with Gasteiger partial charge in [0, 0.05) is 23.7 Å². The van der Waals surface area contributed by atoms with Gasteiger partial charge in [-0.1, -0.05) is 0 Å². The quantitative estimate of drug-likeness (QED) is 0.779. The predicted octanol–water partition coefficient (Wildman–Crippen LogP) is 2.37. The molecule has 1 aliphatic heterocycles. The van der Waals surface area contributed by atoms with Crippen molar-refractivity contribution in [3.8, 4) is 0 Å². The number of aliphatic hydroxyl groups excluding tert-OH is 1. The Morgan fingerprint density at radius 2 is 1.80 bits per heavy atom. The number of benzene rings is 1. The molecule has 0 saturated carbocycles. The summed E-state index contributed by atoms with van der Waals surface area (Å²) < 4.78 is 0. The van der Waals surface area contributed by atoms with Crippen LogP contribution in [0.1, 0.15) is 12.8 Å². The number of piperidine rings is 1. The molecular weight excluding hydrogens is 206 g/mol. The van der Waals surface area contributed by atoms with Crippen LogP contribution >= 0.6 is 11.8 Å². The zero-order valence-electron chi connectivity index (χ0n) is 9.02. The highest BCUT2D eigenvalue weighted by Crippen LogP contribution is 2.23. The lowest BCUT2D eigenvalue weighted by atomic mass is 10.1. The Morgan fingerprint density at radius 1 is 1.20 bits per heavy atom. The van der Waals surface area contributed by atoms with Gasteiger partial charge in [-0.15, -0.1) is 11.8 Å². The molecule has 15 heavy (non-hydrogen) atoms. The summed E-state index contributed by atoms with van der Waals surface area (Å²) in [6, 6.07) is 8.66. The van der Waals surface area contributed by atoms with Crippen LogP contribution in [0.4, 0.5) is 5.69 Å². The van der Waals surface area contributed by atoms with Crippen LogP contribution in [0.15, 0.2) is 29.2 Å². The van der Waals surface area contributed by atoms with Crippen molar-refractivity contribution in [3.63, 3.8) is 0 Å². The van der Waals surface area contributed by atoms with Gasteiger partial charge in [0.15, 0.2) is 0 Å². The molecule has 0 amide bonds. The third-order valence-corrected chi connectivity index (χ3v) is 3.65. The van der Waals surface area contributed by atoms with Crippen LogP contribution in [-0.2, 0) is 0 Å². The van der Waals surface area contributed by atoms with Gasteiger partial charge in [-0.3, -0.25) is 0 Å². The Labute approximate surface area is 95.3 Å². The fraction of sp³-hybridized carbons (Fsp3) is 0.500. The third-order valence-electron chi connectivity index (χ3n) is 2.90. The maximum absolute atomic E-state index is 9.43. The lowest BCUT2D eigenvalue weighted by Gasteiger charge is -2.31. The number of thioether (sulfide) groups is 1. The van der Waals surface area contributed by atoms with Crippen molar-refractivity contribution in [2.24, 2.45) is 0 Å². The molecule has 1 aliphatic rings. The topological polar surface area (TPSA) is 23.5 Å². The van der Waals surface area contributed by atoms with E-state index in [0.29, 0.717) is 0 Å². The van der Waals surface area contributed by atoms with Crippen LogP contribution in [0.2, 0.25) is 0 Å². The van der Waals surface area contributed by atoms with Gasteiger partial charge in [-0.25, -0.2) is 0 Å². The second kappa shape index (κ2) is 4.90. The van der Waals surface area contributed by atoms with Gasteiger partial charge in [0.25, 0.3) is 0 Å². The Morgan fingerprint density at radius 3 is 2.33 bits per heavy atom. The number of anilines is 1. The van der Waals surface area contributed by atoms with Crippen LogP contribution in [0.25, 0.3) is 0 Å². The second-order valence-corrected chi connectivity index (χ2v) is 4.80. The smallest absolute Gasteiger partial charge is 0.0574 e. The third kappa shape index (κ3) is 2.67. The molecule has 0 unspecified atom stereocenters. The Balaban J connectivity index is 2.03. The molecule has 1 N–H and O–H groups in total. The first-order chi connectivity index (χ1) is 7.29. The van der Waals surface area contributed by atoms with E-state index in [2.05, 4.69) is 35.4 Å². The molecule has 0 radical (unpaired) electrons. The van der Waals surface area contributed by atoms with Crippen molar-refractivity contribution in [3.05, 3.63) is 24.3 Å². The highest BCUT2D eigenvalue weighted by molar-refractivity contribution is 7.98. The van der Waals surface area contributed by atoms with Crippen molar-refractivity contribution in [2.75, 3.05) is 24.2 Å². The normalized spacial score (nSPS) is 18.1. The average molecular weight is 223 g/mol. The number of hydrogen-bond acceptors (Lipinski definition) is 3. The minimum Gasteiger partial charge on any atom is -0.393 e. The van der Waals surface area contributed by atoms with Crippen molar-refractivity contribution in [1.82, 2.24) is 0 Å². The Kier molecular flexibility index (Phi) is 3.54. The van der Waals surface area contributed by atoms with Gasteiger partial charge in [-0.05, 0) is 43.4 Å². The molecule has 1 saturated heterocycles. The molecule has 0 spiro atoms. The lowest BCUT2D eigenvalue weighted by Crippen LogP contribution is -2.35. The van der Waals surface area contributed by atoms with Gasteiger partial charge >= 0.3 is 0 Å². The lowest BCUT2D eigenvalue weighted by molar-refractivity contribution is 0.145. The molecule has 3 heteroatoms. The van der Waals surface area contributed by atoms with Crippen molar-refractivity contribution in [1.29, 1.82) is 0 Å². The summed E-state index contributed by atoms with van der Waals surface area (Å²) in [6.45, 7) is 1.94. The van der Waals surface area contributed by atoms with E-state index in [1.165, 1.54) is 10.6 Å². The van der Waals surface area contributed by atoms with Crippen LogP contribution in [-0.4, -0.2) is 30.6 Å². The van der Waals surface area contributed by atoms with E-state index < -0.39 is 0 Å². The summed E-state index contributed by atoms with van der Waals surface area (Å²) in [5.41, 5.74) is 1.28. The van der Waals surface area contributed by atoms with Crippen molar-refractivity contribution < 1.29 is 5.11 Å². The van der Waals surface area contributed by atoms with E-state index in [1.807, 2.05) is 0 Å². The molecule has 1 aromatic carbocycles.